The van der Waals surface area contributed by atoms with Gasteiger partial charge in [0.15, 0.2) is 0 Å². The van der Waals surface area contributed by atoms with Crippen LogP contribution in [0.4, 0.5) is 0 Å². The smallest absolute Gasteiger partial charge is 0.244 e. The first-order chi connectivity index (χ1) is 10.1. The third-order valence-electron chi connectivity index (χ3n) is 2.88. The Labute approximate surface area is 134 Å². The number of halogens is 2. The maximum atomic E-state index is 11.7. The van der Waals surface area contributed by atoms with Crippen LogP contribution in [0.2, 0.25) is 10.0 Å². The van der Waals surface area contributed by atoms with Crippen LogP contribution < -0.4 is 5.32 Å². The Balaban J connectivity index is 1.80. The van der Waals surface area contributed by atoms with Crippen molar-refractivity contribution in [1.29, 1.82) is 0 Å². The molecule has 0 aliphatic heterocycles. The fourth-order valence-electron chi connectivity index (χ4n) is 1.86. The van der Waals surface area contributed by atoms with Crippen LogP contribution in [-0.4, -0.2) is 12.5 Å². The summed E-state index contributed by atoms with van der Waals surface area (Å²) in [6.45, 7) is 0.569. The second-order valence-corrected chi connectivity index (χ2v) is 5.43. The molecule has 0 radical (unpaired) electrons. The van der Waals surface area contributed by atoms with Crippen molar-refractivity contribution in [3.05, 3.63) is 75.8 Å². The summed E-state index contributed by atoms with van der Waals surface area (Å²) in [4.78, 5) is 11.7. The second-order valence-electron chi connectivity index (χ2n) is 4.56. The highest BCUT2D eigenvalue weighted by Crippen LogP contribution is 2.12. The van der Waals surface area contributed by atoms with Crippen LogP contribution in [0.3, 0.4) is 0 Å². The number of carbonyl (C=O) groups is 1. The first-order valence-electron chi connectivity index (χ1n) is 6.59. The zero-order valence-electron chi connectivity index (χ0n) is 11.4. The van der Waals surface area contributed by atoms with Gasteiger partial charge in [0.2, 0.25) is 5.91 Å². The molecule has 0 bridgehead atoms. The number of hydrogen-bond donors (Lipinski definition) is 1. The first kappa shape index (κ1) is 15.6. The highest BCUT2D eigenvalue weighted by atomic mass is 35.5. The van der Waals surface area contributed by atoms with Crippen LogP contribution in [0.15, 0.2) is 54.6 Å². The molecule has 2 aromatic carbocycles. The van der Waals surface area contributed by atoms with E-state index in [9.17, 15) is 4.79 Å². The Morgan fingerprint density at radius 2 is 1.76 bits per heavy atom. The zero-order valence-corrected chi connectivity index (χ0v) is 12.9. The number of benzene rings is 2. The molecule has 2 nitrogen and oxygen atoms in total. The molecule has 0 aliphatic rings. The Kier molecular flexibility index (Phi) is 5.85. The summed E-state index contributed by atoms with van der Waals surface area (Å²) >= 11 is 11.8. The van der Waals surface area contributed by atoms with Crippen molar-refractivity contribution in [2.24, 2.45) is 0 Å². The minimum atomic E-state index is -0.128. The van der Waals surface area contributed by atoms with E-state index in [0.717, 1.165) is 17.5 Å². The second kappa shape index (κ2) is 7.87. The summed E-state index contributed by atoms with van der Waals surface area (Å²) < 4.78 is 0. The number of amides is 1. The van der Waals surface area contributed by atoms with Gasteiger partial charge in [0.1, 0.15) is 0 Å². The Hall–Kier alpha value is -1.77. The summed E-state index contributed by atoms with van der Waals surface area (Å²) in [7, 11) is 0. The predicted molar refractivity (Wildman–Crippen MR) is 88.7 cm³/mol. The monoisotopic (exact) mass is 319 g/mol. The minimum Gasteiger partial charge on any atom is -0.352 e. The molecule has 2 aromatic rings. The van der Waals surface area contributed by atoms with Crippen LogP contribution in [0.5, 0.6) is 0 Å². The fraction of sp³-hybridized carbons (Fsp3) is 0.118. The summed E-state index contributed by atoms with van der Waals surface area (Å²) in [5, 5.41) is 4.19. The molecule has 108 valence electrons. The maximum Gasteiger partial charge on any atom is 0.244 e. The van der Waals surface area contributed by atoms with E-state index >= 15 is 0 Å². The molecule has 0 aromatic heterocycles. The van der Waals surface area contributed by atoms with E-state index < -0.39 is 0 Å². The topological polar surface area (TPSA) is 29.1 Å². The lowest BCUT2D eigenvalue weighted by Crippen LogP contribution is -2.23. The molecule has 0 spiro atoms. The molecule has 0 aliphatic carbocycles. The van der Waals surface area contributed by atoms with Gasteiger partial charge in [-0.3, -0.25) is 4.79 Å². The highest BCUT2D eigenvalue weighted by molar-refractivity contribution is 6.31. The van der Waals surface area contributed by atoms with E-state index in [1.807, 2.05) is 36.4 Å². The number of rotatable bonds is 5. The zero-order chi connectivity index (χ0) is 15.1. The molecule has 0 heterocycles. The molecule has 4 heteroatoms. The Morgan fingerprint density at radius 1 is 1.05 bits per heavy atom. The number of hydrogen-bond acceptors (Lipinski definition) is 1. The van der Waals surface area contributed by atoms with Crippen LogP contribution in [0.1, 0.15) is 11.1 Å². The largest absolute Gasteiger partial charge is 0.352 e. The van der Waals surface area contributed by atoms with Gasteiger partial charge in [-0.25, -0.2) is 0 Å². The van der Waals surface area contributed by atoms with Crippen molar-refractivity contribution >= 4 is 35.2 Å². The average Bonchev–Trinajstić information content (AvgIpc) is 2.45. The van der Waals surface area contributed by atoms with Gasteiger partial charge in [-0.2, -0.15) is 0 Å². The minimum absolute atomic E-state index is 0.128. The van der Waals surface area contributed by atoms with E-state index in [-0.39, 0.29) is 5.91 Å². The molecular formula is C17H15Cl2NO. The lowest BCUT2D eigenvalue weighted by molar-refractivity contribution is -0.116. The average molecular weight is 320 g/mol. The van der Waals surface area contributed by atoms with E-state index in [1.165, 1.54) is 6.08 Å². The van der Waals surface area contributed by atoms with Crippen molar-refractivity contribution in [3.8, 4) is 0 Å². The van der Waals surface area contributed by atoms with Gasteiger partial charge in [-0.15, -0.1) is 0 Å². The Morgan fingerprint density at radius 3 is 2.48 bits per heavy atom. The molecule has 0 fully saturated rings. The quantitative estimate of drug-likeness (QED) is 0.815. The van der Waals surface area contributed by atoms with Gasteiger partial charge in [0.25, 0.3) is 0 Å². The molecule has 0 atom stereocenters. The molecule has 21 heavy (non-hydrogen) atoms. The molecule has 1 N–H and O–H groups in total. The van der Waals surface area contributed by atoms with Crippen molar-refractivity contribution in [3.63, 3.8) is 0 Å². The van der Waals surface area contributed by atoms with Gasteiger partial charge >= 0.3 is 0 Å². The molecular weight excluding hydrogens is 305 g/mol. The van der Waals surface area contributed by atoms with Crippen molar-refractivity contribution in [2.75, 3.05) is 6.54 Å². The SMILES string of the molecule is O=C(/C=C/c1cccc(Cl)c1)NCCc1cccc(Cl)c1. The standard InChI is InChI=1S/C17H15Cl2NO/c18-15-5-1-3-13(11-15)7-8-17(21)20-10-9-14-4-2-6-16(19)12-14/h1-8,11-12H,9-10H2,(H,20,21)/b8-7+. The molecule has 0 saturated heterocycles. The lowest BCUT2D eigenvalue weighted by atomic mass is 10.1. The van der Waals surface area contributed by atoms with E-state index in [4.69, 9.17) is 23.2 Å². The molecule has 0 saturated carbocycles. The Bertz CT molecular complexity index is 653. The van der Waals surface area contributed by atoms with Crippen LogP contribution >= 0.6 is 23.2 Å². The third kappa shape index (κ3) is 5.62. The normalized spacial score (nSPS) is 10.8. The van der Waals surface area contributed by atoms with Gasteiger partial charge in [-0.1, -0.05) is 47.5 Å². The van der Waals surface area contributed by atoms with Gasteiger partial charge in [-0.05, 0) is 47.9 Å². The van der Waals surface area contributed by atoms with E-state index in [2.05, 4.69) is 5.32 Å². The fourth-order valence-corrected chi connectivity index (χ4v) is 2.28. The van der Waals surface area contributed by atoms with Crippen LogP contribution in [0, 0.1) is 0 Å². The predicted octanol–water partition coefficient (Wildman–Crippen LogP) is 4.37. The number of nitrogens with one attached hydrogen (secondary N) is 1. The van der Waals surface area contributed by atoms with Crippen molar-refractivity contribution in [2.45, 2.75) is 6.42 Å². The third-order valence-corrected chi connectivity index (χ3v) is 3.35. The molecule has 2 rings (SSSR count). The summed E-state index contributed by atoms with van der Waals surface area (Å²) in [5.41, 5.74) is 1.99. The number of carbonyl (C=O) groups excluding carboxylic acids is 1. The molecule has 1 amide bonds. The van der Waals surface area contributed by atoms with Gasteiger partial charge in [0, 0.05) is 22.7 Å². The van der Waals surface area contributed by atoms with E-state index in [0.29, 0.717) is 16.6 Å². The first-order valence-corrected chi connectivity index (χ1v) is 7.35. The highest BCUT2D eigenvalue weighted by Gasteiger charge is 1.98. The summed E-state index contributed by atoms with van der Waals surface area (Å²) in [6.07, 6.45) is 3.99. The van der Waals surface area contributed by atoms with Crippen molar-refractivity contribution in [1.82, 2.24) is 5.32 Å². The summed E-state index contributed by atoms with van der Waals surface area (Å²) in [6, 6.07) is 15.0. The van der Waals surface area contributed by atoms with Crippen molar-refractivity contribution < 1.29 is 4.79 Å². The van der Waals surface area contributed by atoms with Gasteiger partial charge < -0.3 is 5.32 Å². The van der Waals surface area contributed by atoms with Crippen LogP contribution in [0.25, 0.3) is 6.08 Å². The lowest BCUT2D eigenvalue weighted by Gasteiger charge is -2.03. The van der Waals surface area contributed by atoms with Crippen LogP contribution in [-0.2, 0) is 11.2 Å². The van der Waals surface area contributed by atoms with E-state index in [1.54, 1.807) is 18.2 Å². The van der Waals surface area contributed by atoms with Gasteiger partial charge in [0.05, 0.1) is 0 Å². The summed E-state index contributed by atoms with van der Waals surface area (Å²) in [5.74, 6) is -0.128. The maximum absolute atomic E-state index is 11.7. The molecule has 0 unspecified atom stereocenters.